The highest BCUT2D eigenvalue weighted by molar-refractivity contribution is 7.90. The number of H-pyrrole nitrogens is 1. The molecule has 5 amide bonds. The number of piperidine rings is 2. The van der Waals surface area contributed by atoms with Crippen LogP contribution in [0.15, 0.2) is 114 Å². The molecule has 84 heavy (non-hydrogen) atoms. The van der Waals surface area contributed by atoms with Crippen LogP contribution in [0.3, 0.4) is 0 Å². The number of anilines is 2. The summed E-state index contributed by atoms with van der Waals surface area (Å²) >= 11 is 6.27. The number of nitrogens with one attached hydrogen (secondary N) is 4. The Hall–Kier alpha value is -8.58. The van der Waals surface area contributed by atoms with E-state index in [2.05, 4.69) is 72.9 Å². The lowest BCUT2D eigenvalue weighted by Crippen LogP contribution is -2.52. The van der Waals surface area contributed by atoms with E-state index in [1.165, 1.54) is 46.0 Å². The number of piperazine rings is 1. The molecule has 2 atom stereocenters. The van der Waals surface area contributed by atoms with Gasteiger partial charge in [0.1, 0.15) is 28.9 Å². The monoisotopic (exact) mass is 1170 g/mol. The highest BCUT2D eigenvalue weighted by atomic mass is 35.5. The van der Waals surface area contributed by atoms with E-state index in [4.69, 9.17) is 16.3 Å². The number of hydrogen-bond acceptors (Lipinski definition) is 14. The molecule has 0 spiro atoms. The summed E-state index contributed by atoms with van der Waals surface area (Å²) in [5.41, 5.74) is 6.72. The molecule has 4 aromatic carbocycles. The number of amides is 5. The van der Waals surface area contributed by atoms with Crippen molar-refractivity contribution in [1.29, 1.82) is 0 Å². The predicted molar refractivity (Wildman–Crippen MR) is 317 cm³/mol. The van der Waals surface area contributed by atoms with E-state index in [9.17, 15) is 42.5 Å². The highest BCUT2D eigenvalue weighted by Crippen LogP contribution is 2.44. The Morgan fingerprint density at radius 3 is 2.55 bits per heavy atom. The molecule has 5 aliphatic rings. The van der Waals surface area contributed by atoms with Gasteiger partial charge in [-0.3, -0.25) is 44.3 Å². The second-order valence-corrected chi connectivity index (χ2v) is 25.0. The smallest absolute Gasteiger partial charge is 0.293 e. The lowest BCUT2D eigenvalue weighted by Gasteiger charge is -2.39. The van der Waals surface area contributed by atoms with Gasteiger partial charge in [0.25, 0.3) is 27.5 Å². The Bertz CT molecular complexity index is 3840. The number of carbonyl (C=O) groups excluding carboxylic acids is 5. The van der Waals surface area contributed by atoms with Crippen molar-refractivity contribution < 1.29 is 42.1 Å². The number of nitrogens with zero attached hydrogens (tertiary/aromatic N) is 6. The van der Waals surface area contributed by atoms with Crippen molar-refractivity contribution in [2.75, 3.05) is 62.6 Å². The number of carbonyl (C=O) groups is 5. The number of benzene rings is 4. The maximum Gasteiger partial charge on any atom is 0.293 e. The third-order valence-corrected chi connectivity index (χ3v) is 18.1. The van der Waals surface area contributed by atoms with Crippen LogP contribution in [-0.4, -0.2) is 126 Å². The van der Waals surface area contributed by atoms with Crippen molar-refractivity contribution in [3.05, 3.63) is 152 Å². The van der Waals surface area contributed by atoms with E-state index in [0.717, 1.165) is 56.0 Å². The second-order valence-electron chi connectivity index (χ2n) is 22.9. The van der Waals surface area contributed by atoms with E-state index in [1.54, 1.807) is 47.5 Å². The van der Waals surface area contributed by atoms with Gasteiger partial charge in [-0.2, -0.15) is 0 Å². The molecular formula is C62H63ClN10O10S. The first-order valence-corrected chi connectivity index (χ1v) is 30.0. The minimum absolute atomic E-state index is 0.0579. The number of nitro groups is 1. The zero-order valence-electron chi connectivity index (χ0n) is 46.5. The fourth-order valence-electron chi connectivity index (χ4n) is 11.9. The van der Waals surface area contributed by atoms with Crippen LogP contribution in [-0.2, 0) is 31.0 Å². The summed E-state index contributed by atoms with van der Waals surface area (Å²) in [7, 11) is -4.69. The molecule has 434 valence electrons. The maximum atomic E-state index is 14.2. The Morgan fingerprint density at radius 2 is 1.76 bits per heavy atom. The summed E-state index contributed by atoms with van der Waals surface area (Å²) in [6.45, 7) is 9.66. The topological polar surface area (TPSA) is 250 Å². The van der Waals surface area contributed by atoms with Gasteiger partial charge in [0.05, 0.1) is 28.0 Å². The molecule has 6 aromatic rings. The minimum atomic E-state index is -4.69. The normalized spacial score (nSPS) is 19.1. The Morgan fingerprint density at radius 1 is 0.952 bits per heavy atom. The molecule has 3 fully saturated rings. The van der Waals surface area contributed by atoms with Crippen LogP contribution in [0.1, 0.15) is 103 Å². The van der Waals surface area contributed by atoms with Gasteiger partial charge in [-0.1, -0.05) is 61.1 Å². The Kier molecular flexibility index (Phi) is 16.3. The van der Waals surface area contributed by atoms with Crippen molar-refractivity contribution in [3.63, 3.8) is 0 Å². The average Bonchev–Trinajstić information content (AvgIpc) is 4.29. The molecule has 0 bridgehead atoms. The average molecular weight is 1180 g/mol. The first kappa shape index (κ1) is 57.2. The van der Waals surface area contributed by atoms with Crippen molar-refractivity contribution in [2.45, 2.75) is 82.7 Å². The number of ether oxygens (including phenoxy) is 1. The number of fused-ring (bicyclic) bond motifs is 2. The standard InChI is InChI=1S/C62H63ClN10O10S/c1-62(2)23-21-43(50(33-62)41-11-13-44(63)14-12-41)37-69-26-28-70(29-27-69)45-15-17-49(55(31-45)83-46-30-42-22-24-64-58(42)66-35-46)59(76)68-84(81,82)47-16-18-52(54(32-47)73(79)80)65-34-39-6-5-25-71(36-39)57(75)10-4-8-40-7-3-9-48-51(40)38-72(61(48)78)53-19-20-56(74)67-60(53)77/h3,7,9,11-18,22,24,30-32,35,39,53,65H,5-6,10,19-21,23,25-29,33-34,36-38H2,1-2H3,(H,64,66)(H,68,76)(H,67,74,77). The minimum Gasteiger partial charge on any atom is -0.455 e. The largest absolute Gasteiger partial charge is 0.455 e. The van der Waals surface area contributed by atoms with Gasteiger partial charge >= 0.3 is 0 Å². The van der Waals surface area contributed by atoms with E-state index in [-0.39, 0.29) is 78.4 Å². The van der Waals surface area contributed by atoms with Gasteiger partial charge in [0.2, 0.25) is 17.7 Å². The molecule has 2 aromatic heterocycles. The molecular weight excluding hydrogens is 1110 g/mol. The highest BCUT2D eigenvalue weighted by Gasteiger charge is 2.40. The first-order valence-electron chi connectivity index (χ1n) is 28.2. The number of halogens is 1. The van der Waals surface area contributed by atoms with Gasteiger partial charge in [-0.15, -0.1) is 0 Å². The fraction of sp³-hybridized carbons (Fsp3) is 0.355. The summed E-state index contributed by atoms with van der Waals surface area (Å²) in [5, 5.41) is 19.4. The molecule has 22 heteroatoms. The van der Waals surface area contributed by atoms with Gasteiger partial charge in [0, 0.05) is 111 Å². The van der Waals surface area contributed by atoms with E-state index in [1.807, 2.05) is 18.2 Å². The Balaban J connectivity index is 0.731. The van der Waals surface area contributed by atoms with Gasteiger partial charge in [-0.05, 0) is 127 Å². The molecule has 0 radical (unpaired) electrons. The van der Waals surface area contributed by atoms with Crippen LogP contribution in [0.2, 0.25) is 5.02 Å². The van der Waals surface area contributed by atoms with Gasteiger partial charge in [-0.25, -0.2) is 18.1 Å². The van der Waals surface area contributed by atoms with Gasteiger partial charge < -0.3 is 29.7 Å². The summed E-state index contributed by atoms with van der Waals surface area (Å²) < 4.78 is 36.5. The van der Waals surface area contributed by atoms with Gasteiger partial charge in [0.15, 0.2) is 0 Å². The third kappa shape index (κ3) is 12.7. The number of nitro benzene ring substituents is 1. The number of rotatable bonds is 15. The SMILES string of the molecule is CC1(C)CCC(CN2CCN(c3ccc(C(=O)NS(=O)(=O)c4ccc(NCC5CCCN(C(=O)CC#Cc6cccc7c6CN(C6CCC(=O)NC6=O)C7=O)C5)c([N+](=O)[O-])c4)c(Oc4cnc5[nH]ccc5c4)c3)CC2)=C(c2ccc(Cl)cc2)C1. The van der Waals surface area contributed by atoms with Crippen LogP contribution < -0.4 is 25.0 Å². The van der Waals surface area contributed by atoms with E-state index >= 15 is 0 Å². The van der Waals surface area contributed by atoms with Crippen molar-refractivity contribution >= 4 is 84.8 Å². The molecule has 11 rings (SSSR count). The summed E-state index contributed by atoms with van der Waals surface area (Å²) in [6, 6.07) is 24.4. The van der Waals surface area contributed by atoms with E-state index < -0.39 is 43.4 Å². The zero-order valence-corrected chi connectivity index (χ0v) is 48.1. The fourth-order valence-corrected chi connectivity index (χ4v) is 13.0. The molecule has 3 saturated heterocycles. The molecule has 2 unspecified atom stereocenters. The molecule has 0 saturated carbocycles. The summed E-state index contributed by atoms with van der Waals surface area (Å²) in [4.78, 5) is 91.8. The first-order chi connectivity index (χ1) is 40.3. The van der Waals surface area contributed by atoms with Crippen molar-refractivity contribution in [3.8, 4) is 23.3 Å². The number of imide groups is 1. The second kappa shape index (κ2) is 24.0. The van der Waals surface area contributed by atoms with Crippen LogP contribution in [0.25, 0.3) is 16.6 Å². The van der Waals surface area contributed by atoms with Crippen LogP contribution in [0, 0.1) is 33.3 Å². The molecule has 20 nitrogen and oxygen atoms in total. The van der Waals surface area contributed by atoms with Crippen molar-refractivity contribution in [1.82, 2.24) is 34.7 Å². The Labute approximate surface area is 491 Å². The van der Waals surface area contributed by atoms with Crippen molar-refractivity contribution in [2.24, 2.45) is 11.3 Å². The predicted octanol–water partition coefficient (Wildman–Crippen LogP) is 8.67. The summed E-state index contributed by atoms with van der Waals surface area (Å²) in [6.07, 6.45) is 8.02. The lowest BCUT2D eigenvalue weighted by molar-refractivity contribution is -0.384. The quantitative estimate of drug-likeness (QED) is 0.0325. The van der Waals surface area contributed by atoms with Crippen LogP contribution in [0.4, 0.5) is 17.1 Å². The molecule has 6 heterocycles. The van der Waals surface area contributed by atoms with Crippen LogP contribution >= 0.6 is 11.6 Å². The summed E-state index contributed by atoms with van der Waals surface area (Å²) in [5.74, 6) is 3.86. The number of pyridine rings is 1. The van der Waals surface area contributed by atoms with E-state index in [0.29, 0.717) is 72.1 Å². The number of hydrogen-bond donors (Lipinski definition) is 4. The zero-order chi connectivity index (χ0) is 58.9. The number of allylic oxidation sites excluding steroid dienone is 1. The third-order valence-electron chi connectivity index (χ3n) is 16.5. The molecule has 1 aliphatic carbocycles. The number of aromatic nitrogens is 2. The maximum absolute atomic E-state index is 14.2. The number of likely N-dealkylation sites (tertiary alicyclic amines) is 1. The molecule has 4 aliphatic heterocycles. The lowest BCUT2D eigenvalue weighted by atomic mass is 9.72. The number of sulfonamides is 1. The number of aromatic amines is 1. The molecule has 4 N–H and O–H groups in total. The van der Waals surface area contributed by atoms with Crippen LogP contribution in [0.5, 0.6) is 11.5 Å².